The van der Waals surface area contributed by atoms with E-state index in [9.17, 15) is 0 Å². The maximum Gasteiger partial charge on any atom is 0.231 e. The third-order valence-electron chi connectivity index (χ3n) is 3.09. The fourth-order valence-corrected chi connectivity index (χ4v) is 2.67. The van der Waals surface area contributed by atoms with E-state index in [1.165, 1.54) is 0 Å². The Bertz CT molecular complexity index is 659. The van der Waals surface area contributed by atoms with Gasteiger partial charge in [-0.2, -0.15) is 0 Å². The van der Waals surface area contributed by atoms with Gasteiger partial charge in [-0.05, 0) is 42.3 Å². The molecule has 5 heteroatoms. The summed E-state index contributed by atoms with van der Waals surface area (Å²) in [6.45, 7) is 2.84. The summed E-state index contributed by atoms with van der Waals surface area (Å²) in [5.74, 6) is 1.30. The normalized spacial score (nSPS) is 12.6. The monoisotopic (exact) mass is 309 g/mol. The first-order valence-electron chi connectivity index (χ1n) is 6.21. The van der Waals surface area contributed by atoms with E-state index < -0.39 is 0 Å². The van der Waals surface area contributed by atoms with Gasteiger partial charge in [-0.25, -0.2) is 0 Å². The van der Waals surface area contributed by atoms with Crippen molar-refractivity contribution in [3.05, 3.63) is 51.5 Å². The van der Waals surface area contributed by atoms with Crippen molar-refractivity contribution >= 4 is 28.9 Å². The summed E-state index contributed by atoms with van der Waals surface area (Å²) in [5, 5.41) is 4.56. The van der Waals surface area contributed by atoms with Gasteiger partial charge >= 0.3 is 0 Å². The van der Waals surface area contributed by atoms with Crippen molar-refractivity contribution in [2.75, 3.05) is 12.1 Å². The summed E-state index contributed by atoms with van der Waals surface area (Å²) in [6, 6.07) is 9.69. The van der Waals surface area contributed by atoms with Crippen LogP contribution in [0.3, 0.4) is 0 Å². The van der Waals surface area contributed by atoms with E-state index in [1.54, 1.807) is 0 Å². The molecular formula is C15H13Cl2NO2. The number of ether oxygens (including phenoxy) is 2. The van der Waals surface area contributed by atoms with Gasteiger partial charge in [0.25, 0.3) is 0 Å². The van der Waals surface area contributed by atoms with Crippen molar-refractivity contribution < 1.29 is 9.47 Å². The summed E-state index contributed by atoms with van der Waals surface area (Å²) >= 11 is 12.3. The highest BCUT2D eigenvalue weighted by Crippen LogP contribution is 2.40. The number of rotatable bonds is 3. The first-order valence-corrected chi connectivity index (χ1v) is 6.97. The average Bonchev–Trinajstić information content (AvgIpc) is 2.86. The third-order valence-corrected chi connectivity index (χ3v) is 3.69. The van der Waals surface area contributed by atoms with Gasteiger partial charge in [0, 0.05) is 6.54 Å². The molecule has 1 aliphatic heterocycles. The second kappa shape index (κ2) is 5.43. The number of anilines is 1. The Labute approximate surface area is 127 Å². The quantitative estimate of drug-likeness (QED) is 0.895. The summed E-state index contributed by atoms with van der Waals surface area (Å²) < 4.78 is 10.6. The van der Waals surface area contributed by atoms with Crippen molar-refractivity contribution in [2.45, 2.75) is 13.5 Å². The van der Waals surface area contributed by atoms with Crippen LogP contribution in [0, 0.1) is 6.92 Å². The van der Waals surface area contributed by atoms with Crippen LogP contribution < -0.4 is 14.8 Å². The Morgan fingerprint density at radius 3 is 2.75 bits per heavy atom. The van der Waals surface area contributed by atoms with Crippen LogP contribution in [-0.4, -0.2) is 6.79 Å². The topological polar surface area (TPSA) is 30.5 Å². The SMILES string of the molecule is Cc1ccc(NCc2cc(Cl)c3c(c2)OCO3)c(Cl)c1. The van der Waals surface area contributed by atoms with Gasteiger partial charge in [0.1, 0.15) is 0 Å². The molecule has 3 rings (SSSR count). The maximum atomic E-state index is 6.19. The lowest BCUT2D eigenvalue weighted by atomic mass is 10.2. The molecule has 0 aromatic heterocycles. The summed E-state index contributed by atoms with van der Waals surface area (Å²) in [5.41, 5.74) is 3.04. The minimum atomic E-state index is 0.218. The van der Waals surface area contributed by atoms with Crippen LogP contribution in [0.4, 0.5) is 5.69 Å². The van der Waals surface area contributed by atoms with E-state index >= 15 is 0 Å². The molecule has 0 atom stereocenters. The lowest BCUT2D eigenvalue weighted by molar-refractivity contribution is 0.174. The van der Waals surface area contributed by atoms with E-state index in [0.717, 1.165) is 16.8 Å². The van der Waals surface area contributed by atoms with E-state index in [0.29, 0.717) is 28.1 Å². The Morgan fingerprint density at radius 2 is 1.95 bits per heavy atom. The molecule has 2 aromatic rings. The molecule has 0 radical (unpaired) electrons. The number of halogens is 2. The Balaban J connectivity index is 1.77. The predicted octanol–water partition coefficient (Wildman–Crippen LogP) is 4.64. The van der Waals surface area contributed by atoms with Crippen molar-refractivity contribution in [1.29, 1.82) is 0 Å². The van der Waals surface area contributed by atoms with Crippen LogP contribution in [0.1, 0.15) is 11.1 Å². The largest absolute Gasteiger partial charge is 0.454 e. The first kappa shape index (κ1) is 13.4. The summed E-state index contributed by atoms with van der Waals surface area (Å²) in [4.78, 5) is 0. The number of hydrogen-bond acceptors (Lipinski definition) is 3. The Kier molecular flexibility index (Phi) is 3.64. The van der Waals surface area contributed by atoms with Gasteiger partial charge in [0.05, 0.1) is 15.7 Å². The standard InChI is InChI=1S/C15H13Cl2NO2/c1-9-2-3-13(11(16)4-9)18-7-10-5-12(17)15-14(6-10)19-8-20-15/h2-6,18H,7-8H2,1H3. The van der Waals surface area contributed by atoms with Gasteiger partial charge in [-0.15, -0.1) is 0 Å². The first-order chi connectivity index (χ1) is 9.63. The van der Waals surface area contributed by atoms with E-state index in [2.05, 4.69) is 5.32 Å². The molecule has 0 aliphatic carbocycles. The van der Waals surface area contributed by atoms with Crippen LogP contribution in [0.2, 0.25) is 10.0 Å². The molecule has 0 unspecified atom stereocenters. The molecule has 3 nitrogen and oxygen atoms in total. The lowest BCUT2D eigenvalue weighted by Gasteiger charge is -2.10. The zero-order valence-electron chi connectivity index (χ0n) is 10.9. The van der Waals surface area contributed by atoms with E-state index in [-0.39, 0.29) is 6.79 Å². The number of aryl methyl sites for hydroxylation is 1. The number of nitrogens with one attached hydrogen (secondary N) is 1. The number of benzene rings is 2. The number of fused-ring (bicyclic) bond motifs is 1. The van der Waals surface area contributed by atoms with Crippen LogP contribution in [0.5, 0.6) is 11.5 Å². The Hall–Kier alpha value is -1.58. The highest BCUT2D eigenvalue weighted by Gasteiger charge is 2.18. The second-order valence-electron chi connectivity index (χ2n) is 4.65. The molecule has 1 aliphatic rings. The smallest absolute Gasteiger partial charge is 0.231 e. The molecule has 0 fully saturated rings. The predicted molar refractivity (Wildman–Crippen MR) is 81.1 cm³/mol. The highest BCUT2D eigenvalue weighted by molar-refractivity contribution is 6.33. The molecule has 0 spiro atoms. The van der Waals surface area contributed by atoms with E-state index in [1.807, 2.05) is 37.3 Å². The van der Waals surface area contributed by atoms with Crippen LogP contribution in [0.25, 0.3) is 0 Å². The van der Waals surface area contributed by atoms with Gasteiger partial charge in [-0.3, -0.25) is 0 Å². The van der Waals surface area contributed by atoms with E-state index in [4.69, 9.17) is 32.7 Å². The average molecular weight is 310 g/mol. The summed E-state index contributed by atoms with van der Waals surface area (Å²) in [7, 11) is 0. The number of hydrogen-bond donors (Lipinski definition) is 1. The molecule has 0 amide bonds. The molecule has 104 valence electrons. The van der Waals surface area contributed by atoms with Gasteiger partial charge in [0.2, 0.25) is 6.79 Å². The van der Waals surface area contributed by atoms with Crippen LogP contribution in [0.15, 0.2) is 30.3 Å². The minimum Gasteiger partial charge on any atom is -0.454 e. The maximum absolute atomic E-state index is 6.19. The van der Waals surface area contributed by atoms with Crippen molar-refractivity contribution in [1.82, 2.24) is 0 Å². The third kappa shape index (κ3) is 2.65. The molecule has 0 saturated heterocycles. The van der Waals surface area contributed by atoms with Crippen molar-refractivity contribution in [3.63, 3.8) is 0 Å². The zero-order chi connectivity index (χ0) is 14.1. The molecular weight excluding hydrogens is 297 g/mol. The second-order valence-corrected chi connectivity index (χ2v) is 5.46. The van der Waals surface area contributed by atoms with Gasteiger partial charge in [0.15, 0.2) is 11.5 Å². The minimum absolute atomic E-state index is 0.218. The molecule has 1 N–H and O–H groups in total. The van der Waals surface area contributed by atoms with Gasteiger partial charge < -0.3 is 14.8 Å². The van der Waals surface area contributed by atoms with Crippen molar-refractivity contribution in [2.24, 2.45) is 0 Å². The fourth-order valence-electron chi connectivity index (χ4n) is 2.08. The summed E-state index contributed by atoms with van der Waals surface area (Å²) in [6.07, 6.45) is 0. The fraction of sp³-hybridized carbons (Fsp3) is 0.200. The van der Waals surface area contributed by atoms with Crippen molar-refractivity contribution in [3.8, 4) is 11.5 Å². The zero-order valence-corrected chi connectivity index (χ0v) is 12.4. The molecule has 20 heavy (non-hydrogen) atoms. The molecule has 1 heterocycles. The molecule has 2 aromatic carbocycles. The Morgan fingerprint density at radius 1 is 1.10 bits per heavy atom. The van der Waals surface area contributed by atoms with Gasteiger partial charge in [-0.1, -0.05) is 29.3 Å². The molecule has 0 saturated carbocycles. The molecule has 0 bridgehead atoms. The van der Waals surface area contributed by atoms with Crippen LogP contribution in [-0.2, 0) is 6.54 Å². The highest BCUT2D eigenvalue weighted by atomic mass is 35.5. The lowest BCUT2D eigenvalue weighted by Crippen LogP contribution is -2.00. The van der Waals surface area contributed by atoms with Crippen LogP contribution >= 0.6 is 23.2 Å².